The molecule has 1 saturated heterocycles. The molecule has 0 aromatic heterocycles. The summed E-state index contributed by atoms with van der Waals surface area (Å²) in [5, 5.41) is 0. The van der Waals surface area contributed by atoms with Crippen molar-refractivity contribution in [3.63, 3.8) is 0 Å². The first-order valence-electron chi connectivity index (χ1n) is 8.68. The van der Waals surface area contributed by atoms with Crippen LogP contribution in [0.1, 0.15) is 32.3 Å². The number of nitrogens with one attached hydrogen (secondary N) is 1. The number of hydrogen-bond donors (Lipinski definition) is 1. The van der Waals surface area contributed by atoms with E-state index in [1.165, 1.54) is 6.42 Å². The molecule has 2 atom stereocenters. The molecule has 0 amide bonds. The zero-order valence-electron chi connectivity index (χ0n) is 15.2. The van der Waals surface area contributed by atoms with E-state index in [0.717, 1.165) is 43.5 Å². The number of benzene rings is 1. The predicted molar refractivity (Wildman–Crippen MR) is 96.9 cm³/mol. The molecular weight excluding hydrogens is 324 g/mol. The fraction of sp³-hybridized carbons (Fsp3) is 0.667. The summed E-state index contributed by atoms with van der Waals surface area (Å²) in [6.07, 6.45) is 2.12. The van der Waals surface area contributed by atoms with Crippen molar-refractivity contribution < 1.29 is 13.2 Å². The second kappa shape index (κ2) is 8.32. The highest BCUT2D eigenvalue weighted by Crippen LogP contribution is 2.22. The Morgan fingerprint density at radius 2 is 1.92 bits per heavy atom. The maximum Gasteiger partial charge on any atom is 0.240 e. The van der Waals surface area contributed by atoms with Gasteiger partial charge in [-0.25, -0.2) is 13.1 Å². The van der Waals surface area contributed by atoms with Gasteiger partial charge in [-0.2, -0.15) is 0 Å². The first-order valence-corrected chi connectivity index (χ1v) is 10.2. The van der Waals surface area contributed by atoms with Crippen LogP contribution in [0, 0.1) is 18.8 Å². The number of nitrogens with zero attached hydrogens (tertiary/aromatic N) is 1. The molecule has 0 radical (unpaired) electrons. The Hall–Kier alpha value is -1.11. The summed E-state index contributed by atoms with van der Waals surface area (Å²) in [7, 11) is -1.88. The lowest BCUT2D eigenvalue weighted by Gasteiger charge is -2.34. The number of hydrogen-bond acceptors (Lipinski definition) is 4. The molecule has 1 aliphatic heterocycles. The topological polar surface area (TPSA) is 58.6 Å². The molecule has 1 heterocycles. The van der Waals surface area contributed by atoms with Crippen molar-refractivity contribution in [2.45, 2.75) is 38.5 Å². The summed E-state index contributed by atoms with van der Waals surface area (Å²) >= 11 is 0. The van der Waals surface area contributed by atoms with Gasteiger partial charge in [0.15, 0.2) is 0 Å². The van der Waals surface area contributed by atoms with E-state index in [4.69, 9.17) is 4.74 Å². The number of methoxy groups -OCH3 is 1. The van der Waals surface area contributed by atoms with Gasteiger partial charge in [-0.15, -0.1) is 0 Å². The molecule has 6 heteroatoms. The summed E-state index contributed by atoms with van der Waals surface area (Å²) in [4.78, 5) is 2.74. The molecule has 0 spiro atoms. The lowest BCUT2D eigenvalue weighted by Crippen LogP contribution is -2.40. The zero-order chi connectivity index (χ0) is 17.7. The molecule has 1 N–H and O–H groups in total. The van der Waals surface area contributed by atoms with Crippen LogP contribution in [0.25, 0.3) is 0 Å². The summed E-state index contributed by atoms with van der Waals surface area (Å²) < 4.78 is 32.6. The Labute approximate surface area is 146 Å². The minimum absolute atomic E-state index is 0.293. The van der Waals surface area contributed by atoms with Crippen molar-refractivity contribution in [2.75, 3.05) is 33.3 Å². The second-order valence-electron chi connectivity index (χ2n) is 7.09. The SMILES string of the molecule is COc1ccc(S(=O)(=O)NCCCN2C[C@@H](C)C[C@H](C)C2)cc1C. The molecule has 1 aliphatic rings. The Morgan fingerprint density at radius 3 is 2.50 bits per heavy atom. The predicted octanol–water partition coefficient (Wildman–Crippen LogP) is 2.65. The Bertz CT molecular complexity index is 636. The number of sulfonamides is 1. The molecule has 0 saturated carbocycles. The van der Waals surface area contributed by atoms with E-state index in [9.17, 15) is 8.42 Å². The molecule has 24 heavy (non-hydrogen) atoms. The summed E-state index contributed by atoms with van der Waals surface area (Å²) in [5.41, 5.74) is 0.816. The zero-order valence-corrected chi connectivity index (χ0v) is 16.0. The van der Waals surface area contributed by atoms with Crippen LogP contribution in [0.15, 0.2) is 23.1 Å². The van der Waals surface area contributed by atoms with Gasteiger partial charge in [-0.3, -0.25) is 0 Å². The van der Waals surface area contributed by atoms with Crippen LogP contribution in [-0.2, 0) is 10.0 Å². The largest absolute Gasteiger partial charge is 0.496 e. The van der Waals surface area contributed by atoms with Crippen LogP contribution in [0.5, 0.6) is 5.75 Å². The number of rotatable bonds is 7. The van der Waals surface area contributed by atoms with Gasteiger partial charge < -0.3 is 9.64 Å². The lowest BCUT2D eigenvalue weighted by atomic mass is 9.92. The van der Waals surface area contributed by atoms with E-state index in [2.05, 4.69) is 23.5 Å². The summed E-state index contributed by atoms with van der Waals surface area (Å²) in [6.45, 7) is 10.1. The van der Waals surface area contributed by atoms with Crippen LogP contribution in [0.4, 0.5) is 0 Å². The molecule has 2 rings (SSSR count). The average molecular weight is 355 g/mol. The molecule has 136 valence electrons. The third kappa shape index (κ3) is 5.19. The van der Waals surface area contributed by atoms with Gasteiger partial charge in [-0.05, 0) is 61.9 Å². The van der Waals surface area contributed by atoms with Crippen LogP contribution >= 0.6 is 0 Å². The second-order valence-corrected chi connectivity index (χ2v) is 8.86. The molecule has 1 aromatic carbocycles. The normalized spacial score (nSPS) is 22.5. The van der Waals surface area contributed by atoms with Crippen LogP contribution in [0.2, 0.25) is 0 Å². The first kappa shape index (κ1) is 19.2. The smallest absolute Gasteiger partial charge is 0.240 e. The minimum Gasteiger partial charge on any atom is -0.496 e. The van der Waals surface area contributed by atoms with E-state index in [0.29, 0.717) is 17.2 Å². The van der Waals surface area contributed by atoms with Gasteiger partial charge >= 0.3 is 0 Å². The third-order valence-electron chi connectivity index (χ3n) is 4.56. The number of piperidine rings is 1. The van der Waals surface area contributed by atoms with Crippen molar-refractivity contribution in [3.05, 3.63) is 23.8 Å². The van der Waals surface area contributed by atoms with E-state index in [-0.39, 0.29) is 0 Å². The van der Waals surface area contributed by atoms with E-state index in [1.807, 2.05) is 6.92 Å². The molecule has 0 unspecified atom stereocenters. The van der Waals surface area contributed by atoms with Crippen LogP contribution < -0.4 is 9.46 Å². The van der Waals surface area contributed by atoms with Crippen LogP contribution in [-0.4, -0.2) is 46.6 Å². The van der Waals surface area contributed by atoms with E-state index in [1.54, 1.807) is 25.3 Å². The van der Waals surface area contributed by atoms with Gasteiger partial charge in [0.1, 0.15) is 5.75 Å². The Morgan fingerprint density at radius 1 is 1.25 bits per heavy atom. The van der Waals surface area contributed by atoms with Crippen molar-refractivity contribution in [2.24, 2.45) is 11.8 Å². The fourth-order valence-corrected chi connectivity index (χ4v) is 4.74. The molecule has 0 aliphatic carbocycles. The quantitative estimate of drug-likeness (QED) is 0.765. The number of aryl methyl sites for hydroxylation is 1. The highest BCUT2D eigenvalue weighted by molar-refractivity contribution is 7.89. The highest BCUT2D eigenvalue weighted by atomic mass is 32.2. The average Bonchev–Trinajstić information content (AvgIpc) is 2.50. The fourth-order valence-electron chi connectivity index (χ4n) is 3.59. The Balaban J connectivity index is 1.83. The molecule has 1 fully saturated rings. The van der Waals surface area contributed by atoms with Gasteiger partial charge in [0.05, 0.1) is 12.0 Å². The highest BCUT2D eigenvalue weighted by Gasteiger charge is 2.21. The standard InChI is InChI=1S/C18H30N2O3S/c1-14-10-15(2)13-20(12-14)9-5-8-19-24(21,22)17-6-7-18(23-4)16(3)11-17/h6-7,11,14-15,19H,5,8-10,12-13H2,1-4H3/t14-,15-/m0/s1. The van der Waals surface area contributed by atoms with Gasteiger partial charge in [-0.1, -0.05) is 13.8 Å². The van der Waals surface area contributed by atoms with Gasteiger partial charge in [0.2, 0.25) is 10.0 Å². The summed E-state index contributed by atoms with van der Waals surface area (Å²) in [5.74, 6) is 2.16. The molecule has 0 bridgehead atoms. The first-order chi connectivity index (χ1) is 11.3. The van der Waals surface area contributed by atoms with Gasteiger partial charge in [0.25, 0.3) is 0 Å². The van der Waals surface area contributed by atoms with Gasteiger partial charge in [0, 0.05) is 19.6 Å². The molecule has 5 nitrogen and oxygen atoms in total. The van der Waals surface area contributed by atoms with Crippen molar-refractivity contribution in [1.82, 2.24) is 9.62 Å². The van der Waals surface area contributed by atoms with E-state index >= 15 is 0 Å². The lowest BCUT2D eigenvalue weighted by molar-refractivity contribution is 0.140. The minimum atomic E-state index is -3.46. The van der Waals surface area contributed by atoms with Crippen molar-refractivity contribution >= 4 is 10.0 Å². The van der Waals surface area contributed by atoms with Crippen molar-refractivity contribution in [3.8, 4) is 5.75 Å². The Kier molecular flexibility index (Phi) is 6.66. The maximum absolute atomic E-state index is 12.4. The molecule has 1 aromatic rings. The maximum atomic E-state index is 12.4. The number of ether oxygens (including phenoxy) is 1. The molecular formula is C18H30N2O3S. The summed E-state index contributed by atoms with van der Waals surface area (Å²) in [6, 6.07) is 4.93. The number of likely N-dealkylation sites (tertiary alicyclic amines) is 1. The van der Waals surface area contributed by atoms with E-state index < -0.39 is 10.0 Å². The van der Waals surface area contributed by atoms with Crippen LogP contribution in [0.3, 0.4) is 0 Å². The van der Waals surface area contributed by atoms with Crippen molar-refractivity contribution in [1.29, 1.82) is 0 Å². The monoisotopic (exact) mass is 354 g/mol. The third-order valence-corrected chi connectivity index (χ3v) is 6.02.